The monoisotopic (exact) mass is 440 g/mol. The molecule has 3 atom stereocenters. The Kier molecular flexibility index (Phi) is 14.3. The predicted octanol–water partition coefficient (Wildman–Crippen LogP) is 3.62. The summed E-state index contributed by atoms with van der Waals surface area (Å²) in [7, 11) is 1.62. The lowest BCUT2D eigenvalue weighted by molar-refractivity contribution is -0.129. The molecule has 2 amide bonds. The van der Waals surface area contributed by atoms with Crippen LogP contribution in [0, 0.1) is 11.8 Å². The van der Waals surface area contributed by atoms with E-state index in [1.54, 1.807) is 11.9 Å². The predicted molar refractivity (Wildman–Crippen MR) is 132 cm³/mol. The van der Waals surface area contributed by atoms with Crippen molar-refractivity contribution >= 4 is 18.1 Å². The molecule has 0 aromatic rings. The maximum absolute atomic E-state index is 11.8. The number of likely N-dealkylation sites (tertiary alicyclic amines) is 1. The molecular formula is C24H48N4O3. The lowest BCUT2D eigenvalue weighted by Crippen LogP contribution is -2.45. The summed E-state index contributed by atoms with van der Waals surface area (Å²) < 4.78 is 0. The van der Waals surface area contributed by atoms with Crippen molar-refractivity contribution in [1.29, 1.82) is 0 Å². The Morgan fingerprint density at radius 2 is 2.00 bits per heavy atom. The number of hydrogen-bond acceptors (Lipinski definition) is 5. The molecule has 1 unspecified atom stereocenters. The van der Waals surface area contributed by atoms with E-state index in [9.17, 15) is 14.4 Å². The maximum Gasteiger partial charge on any atom is 0.241 e. The maximum atomic E-state index is 11.8. The molecule has 31 heavy (non-hydrogen) atoms. The first-order chi connectivity index (χ1) is 14.6. The zero-order chi connectivity index (χ0) is 24.0. The highest BCUT2D eigenvalue weighted by Crippen LogP contribution is 2.26. The molecule has 0 aliphatic carbocycles. The standard InChI is InChI=1S/C13H19NO2.C11H23N3O.3H2/c1-3-12-10-11(2)13(16)14(12)8-6-4-5-7-9-15;1-6-9(10(12)7(2)3)14-8(4)11(15)13-5;;;/h9,11H,1,4-8,10H2,2H3;6-8,10,14H,12H2,1-5H3,(H,13,15);3*1H/b;9-6-;;;/t;8-,10-;;;/m.0.../s1. The summed E-state index contributed by atoms with van der Waals surface area (Å²) in [6.45, 7) is 14.1. The number of allylic oxidation sites excluding steroid dienone is 2. The number of amides is 2. The molecule has 0 radical (unpaired) electrons. The number of carbonyl (C=O) groups excluding carboxylic acids is 3. The van der Waals surface area contributed by atoms with Gasteiger partial charge in [-0.2, -0.15) is 0 Å². The van der Waals surface area contributed by atoms with E-state index in [2.05, 4.69) is 36.8 Å². The molecule has 1 heterocycles. The van der Waals surface area contributed by atoms with Crippen molar-refractivity contribution in [2.75, 3.05) is 13.6 Å². The first-order valence-corrected chi connectivity index (χ1v) is 11.2. The smallest absolute Gasteiger partial charge is 0.241 e. The lowest BCUT2D eigenvalue weighted by Gasteiger charge is -2.24. The van der Waals surface area contributed by atoms with Crippen molar-refractivity contribution in [3.05, 3.63) is 29.8 Å². The van der Waals surface area contributed by atoms with Crippen LogP contribution in [0.15, 0.2) is 29.8 Å². The third-order valence-electron chi connectivity index (χ3n) is 5.33. The normalized spacial score (nSPS) is 18.1. The van der Waals surface area contributed by atoms with Crippen molar-refractivity contribution in [3.8, 4) is 0 Å². The Morgan fingerprint density at radius 1 is 1.35 bits per heavy atom. The third-order valence-corrected chi connectivity index (χ3v) is 5.33. The van der Waals surface area contributed by atoms with Crippen molar-refractivity contribution < 1.29 is 18.7 Å². The zero-order valence-electron chi connectivity index (χ0n) is 20.2. The summed E-state index contributed by atoms with van der Waals surface area (Å²) in [4.78, 5) is 35.0. The molecule has 1 aliphatic heterocycles. The summed E-state index contributed by atoms with van der Waals surface area (Å²) in [5.41, 5.74) is 10.7. The van der Waals surface area contributed by atoms with Gasteiger partial charge >= 0.3 is 0 Å². The fourth-order valence-electron chi connectivity index (χ4n) is 3.24. The van der Waals surface area contributed by atoms with Gasteiger partial charge in [-0.3, -0.25) is 9.59 Å². The molecular weight excluding hydrogens is 392 g/mol. The second kappa shape index (κ2) is 15.4. The largest absolute Gasteiger partial charge is 0.376 e. The Balaban J connectivity index is -0.000000244. The number of likely N-dealkylation sites (N-methyl/N-ethyl adjacent to an activating group) is 1. The van der Waals surface area contributed by atoms with E-state index in [1.165, 1.54) is 0 Å². The molecule has 0 spiro atoms. The first kappa shape index (κ1) is 28.6. The van der Waals surface area contributed by atoms with E-state index in [1.807, 2.05) is 26.8 Å². The second-order valence-electron chi connectivity index (χ2n) is 8.23. The topological polar surface area (TPSA) is 105 Å². The van der Waals surface area contributed by atoms with Gasteiger partial charge in [0.25, 0.3) is 0 Å². The van der Waals surface area contributed by atoms with Crippen LogP contribution in [0.25, 0.3) is 0 Å². The summed E-state index contributed by atoms with van der Waals surface area (Å²) >= 11 is 0. The minimum atomic E-state index is -0.258. The van der Waals surface area contributed by atoms with E-state index >= 15 is 0 Å². The summed E-state index contributed by atoms with van der Waals surface area (Å²) in [6, 6.07) is -0.312. The molecule has 1 saturated heterocycles. The molecule has 7 heteroatoms. The molecule has 4 N–H and O–H groups in total. The van der Waals surface area contributed by atoms with Gasteiger partial charge in [0, 0.05) is 48.4 Å². The highest BCUT2D eigenvalue weighted by atomic mass is 16.2. The zero-order valence-corrected chi connectivity index (χ0v) is 20.2. The molecule has 0 bridgehead atoms. The van der Waals surface area contributed by atoms with Crippen LogP contribution in [0.3, 0.4) is 0 Å². The van der Waals surface area contributed by atoms with Gasteiger partial charge in [0.2, 0.25) is 11.8 Å². The number of aldehydes is 1. The molecule has 0 aromatic carbocycles. The molecule has 0 aromatic heterocycles. The summed E-state index contributed by atoms with van der Waals surface area (Å²) in [5.74, 6) is 0.562. The minimum absolute atomic E-state index is 0. The number of rotatable bonds is 11. The number of nitrogens with two attached hydrogens (primary N) is 1. The Hall–Kier alpha value is -2.37. The van der Waals surface area contributed by atoms with Gasteiger partial charge < -0.3 is 26.1 Å². The summed E-state index contributed by atoms with van der Waals surface area (Å²) in [5, 5.41) is 5.72. The van der Waals surface area contributed by atoms with E-state index in [-0.39, 0.29) is 34.1 Å². The van der Waals surface area contributed by atoms with Crippen LogP contribution < -0.4 is 16.4 Å². The molecule has 1 rings (SSSR count). The Labute approximate surface area is 192 Å². The number of nitrogens with zero attached hydrogens (tertiary/aromatic N) is 1. The molecule has 7 nitrogen and oxygen atoms in total. The van der Waals surface area contributed by atoms with Crippen LogP contribution in [-0.4, -0.2) is 48.7 Å². The van der Waals surface area contributed by atoms with Crippen LogP contribution in [0.1, 0.15) is 71.0 Å². The fraction of sp³-hybridized carbons (Fsp3) is 0.667. The van der Waals surface area contributed by atoms with Gasteiger partial charge in [0.1, 0.15) is 12.3 Å². The van der Waals surface area contributed by atoms with Crippen molar-refractivity contribution in [2.24, 2.45) is 17.6 Å². The Bertz CT molecular complexity index is 680. The Morgan fingerprint density at radius 3 is 2.48 bits per heavy atom. The van der Waals surface area contributed by atoms with Crippen molar-refractivity contribution in [2.45, 2.75) is 78.8 Å². The van der Waals surface area contributed by atoms with Gasteiger partial charge in [-0.25, -0.2) is 0 Å². The fourth-order valence-corrected chi connectivity index (χ4v) is 3.24. The second-order valence-corrected chi connectivity index (χ2v) is 8.23. The van der Waals surface area contributed by atoms with E-state index in [0.717, 1.165) is 49.9 Å². The number of nitrogens with one attached hydrogen (secondary N) is 2. The van der Waals surface area contributed by atoms with Crippen molar-refractivity contribution in [1.82, 2.24) is 15.5 Å². The minimum Gasteiger partial charge on any atom is -0.376 e. The molecule has 0 saturated carbocycles. The average molecular weight is 441 g/mol. The number of carbonyl (C=O) groups is 3. The van der Waals surface area contributed by atoms with E-state index in [4.69, 9.17) is 5.73 Å². The van der Waals surface area contributed by atoms with Gasteiger partial charge in [0.05, 0.1) is 5.70 Å². The number of unbranched alkanes of at least 4 members (excludes halogenated alkanes) is 3. The molecule has 1 fully saturated rings. The van der Waals surface area contributed by atoms with E-state index < -0.39 is 0 Å². The third kappa shape index (κ3) is 9.99. The molecule has 1 aliphatic rings. The van der Waals surface area contributed by atoms with Gasteiger partial charge in [-0.15, -0.1) is 5.73 Å². The van der Waals surface area contributed by atoms with Crippen LogP contribution >= 0.6 is 0 Å². The highest BCUT2D eigenvalue weighted by molar-refractivity contribution is 5.83. The van der Waals surface area contributed by atoms with Crippen LogP contribution in [0.5, 0.6) is 0 Å². The summed E-state index contributed by atoms with van der Waals surface area (Å²) in [6.07, 6.45) is 7.08. The first-order valence-electron chi connectivity index (χ1n) is 11.2. The average Bonchev–Trinajstić information content (AvgIpc) is 3.04. The molecule has 182 valence electrons. The number of hydrogen-bond donors (Lipinski definition) is 3. The van der Waals surface area contributed by atoms with Crippen LogP contribution in [-0.2, 0) is 14.4 Å². The van der Waals surface area contributed by atoms with Crippen LogP contribution in [0.4, 0.5) is 0 Å². The van der Waals surface area contributed by atoms with Gasteiger partial charge in [-0.05, 0) is 32.6 Å². The van der Waals surface area contributed by atoms with Crippen LogP contribution in [0.2, 0.25) is 0 Å². The van der Waals surface area contributed by atoms with E-state index in [0.29, 0.717) is 12.3 Å². The highest BCUT2D eigenvalue weighted by Gasteiger charge is 2.31. The lowest BCUT2D eigenvalue weighted by atomic mass is 10.0. The quantitative estimate of drug-likeness (QED) is 0.259. The van der Waals surface area contributed by atoms with Gasteiger partial charge in [-0.1, -0.05) is 39.8 Å². The van der Waals surface area contributed by atoms with Crippen molar-refractivity contribution in [3.63, 3.8) is 0 Å². The SMILES string of the molecule is C/C=C(\N[C@@H](C)C(=O)NC)[C@@H](N)C(C)C.C=C=C1CC(C)C(=O)N1CCCCCC=O.[HH].[HH].[HH]. The van der Waals surface area contributed by atoms with Gasteiger partial charge in [0.15, 0.2) is 0 Å².